The molecule has 0 aliphatic rings. The molecule has 1 N–H and O–H groups in total. The highest BCUT2D eigenvalue weighted by Crippen LogP contribution is 2.16. The molecule has 0 aliphatic heterocycles. The number of hydrogen-bond donors (Lipinski definition) is 1. The Morgan fingerprint density at radius 1 is 1.54 bits per heavy atom. The highest BCUT2D eigenvalue weighted by atomic mass is 32.1. The van der Waals surface area contributed by atoms with Gasteiger partial charge in [0.05, 0.1) is 6.61 Å². The summed E-state index contributed by atoms with van der Waals surface area (Å²) in [7, 11) is 2.04. The summed E-state index contributed by atoms with van der Waals surface area (Å²) >= 11 is 1.71. The minimum absolute atomic E-state index is 0.137. The molecule has 1 heterocycles. The molecule has 74 valence electrons. The molecule has 1 aromatic heterocycles. The van der Waals surface area contributed by atoms with E-state index in [-0.39, 0.29) is 12.1 Å². The summed E-state index contributed by atoms with van der Waals surface area (Å²) in [5.74, 6) is 0. The second-order valence-electron chi connectivity index (χ2n) is 3.96. The normalized spacial score (nSPS) is 12.4. The first-order chi connectivity index (χ1) is 6.06. The minimum Gasteiger partial charge on any atom is -0.394 e. The van der Waals surface area contributed by atoms with Crippen molar-refractivity contribution in [1.82, 2.24) is 4.90 Å². The lowest BCUT2D eigenvalue weighted by Gasteiger charge is -2.33. The van der Waals surface area contributed by atoms with Gasteiger partial charge in [-0.25, -0.2) is 0 Å². The van der Waals surface area contributed by atoms with Crippen molar-refractivity contribution in [3.63, 3.8) is 0 Å². The van der Waals surface area contributed by atoms with E-state index in [1.165, 1.54) is 5.56 Å². The lowest BCUT2D eigenvalue weighted by Crippen LogP contribution is -2.43. The van der Waals surface area contributed by atoms with Crippen LogP contribution in [0.25, 0.3) is 0 Å². The lowest BCUT2D eigenvalue weighted by molar-refractivity contribution is 0.0735. The molecule has 0 spiro atoms. The van der Waals surface area contributed by atoms with Crippen LogP contribution in [0.1, 0.15) is 19.4 Å². The molecule has 0 unspecified atom stereocenters. The summed E-state index contributed by atoms with van der Waals surface area (Å²) in [6, 6.07) is 2.12. The van der Waals surface area contributed by atoms with Gasteiger partial charge in [0.25, 0.3) is 0 Å². The number of aliphatic hydroxyl groups excluding tert-OH is 1. The van der Waals surface area contributed by atoms with Crippen LogP contribution in [-0.2, 0) is 6.54 Å². The fourth-order valence-electron chi connectivity index (χ4n) is 0.991. The number of thiophene rings is 1. The molecule has 3 heteroatoms. The average molecular weight is 199 g/mol. The van der Waals surface area contributed by atoms with E-state index in [1.54, 1.807) is 11.3 Å². The summed E-state index contributed by atoms with van der Waals surface area (Å²) < 4.78 is 0. The smallest absolute Gasteiger partial charge is 0.0610 e. The average Bonchev–Trinajstić information content (AvgIpc) is 2.57. The second kappa shape index (κ2) is 4.22. The van der Waals surface area contributed by atoms with Gasteiger partial charge in [-0.3, -0.25) is 4.90 Å². The summed E-state index contributed by atoms with van der Waals surface area (Å²) in [5, 5.41) is 13.4. The zero-order valence-corrected chi connectivity index (χ0v) is 9.27. The summed E-state index contributed by atoms with van der Waals surface area (Å²) in [6.45, 7) is 5.17. The van der Waals surface area contributed by atoms with Crippen LogP contribution in [0.2, 0.25) is 0 Å². The molecule has 0 atom stereocenters. The van der Waals surface area contributed by atoms with E-state index in [0.29, 0.717) is 0 Å². The fourth-order valence-corrected chi connectivity index (χ4v) is 1.65. The predicted molar refractivity (Wildman–Crippen MR) is 57.0 cm³/mol. The Balaban J connectivity index is 2.55. The Morgan fingerprint density at radius 3 is 2.69 bits per heavy atom. The predicted octanol–water partition coefficient (Wildman–Crippen LogP) is 1.95. The van der Waals surface area contributed by atoms with Crippen molar-refractivity contribution in [2.75, 3.05) is 13.7 Å². The molecule has 2 nitrogen and oxygen atoms in total. The third-order valence-corrected chi connectivity index (χ3v) is 3.15. The molecular weight excluding hydrogens is 182 g/mol. The van der Waals surface area contributed by atoms with Crippen LogP contribution in [0, 0.1) is 0 Å². The number of aliphatic hydroxyl groups is 1. The Labute approximate surface area is 83.8 Å². The van der Waals surface area contributed by atoms with Crippen LogP contribution in [0.3, 0.4) is 0 Å². The third kappa shape index (κ3) is 2.79. The molecule has 1 rings (SSSR count). The largest absolute Gasteiger partial charge is 0.394 e. The zero-order chi connectivity index (χ0) is 9.90. The maximum absolute atomic E-state index is 9.15. The van der Waals surface area contributed by atoms with Crippen LogP contribution in [0.15, 0.2) is 16.8 Å². The van der Waals surface area contributed by atoms with Crippen LogP contribution in [0.5, 0.6) is 0 Å². The van der Waals surface area contributed by atoms with Crippen LogP contribution >= 0.6 is 11.3 Å². The molecule has 0 saturated carbocycles. The minimum atomic E-state index is -0.137. The van der Waals surface area contributed by atoms with Gasteiger partial charge in [-0.1, -0.05) is 0 Å². The van der Waals surface area contributed by atoms with Crippen LogP contribution in [-0.4, -0.2) is 29.2 Å². The lowest BCUT2D eigenvalue weighted by atomic mass is 10.0. The molecule has 0 saturated heterocycles. The molecule has 0 aromatic carbocycles. The van der Waals surface area contributed by atoms with Gasteiger partial charge in [-0.05, 0) is 43.3 Å². The van der Waals surface area contributed by atoms with Crippen molar-refractivity contribution in [3.05, 3.63) is 22.4 Å². The number of rotatable bonds is 4. The first-order valence-corrected chi connectivity index (χ1v) is 5.34. The maximum atomic E-state index is 9.15. The number of nitrogens with zero attached hydrogens (tertiary/aromatic N) is 1. The van der Waals surface area contributed by atoms with Gasteiger partial charge < -0.3 is 5.11 Å². The van der Waals surface area contributed by atoms with E-state index in [9.17, 15) is 0 Å². The molecule has 0 radical (unpaired) electrons. The fraction of sp³-hybridized carbons (Fsp3) is 0.600. The van der Waals surface area contributed by atoms with Crippen molar-refractivity contribution in [3.8, 4) is 0 Å². The van der Waals surface area contributed by atoms with Crippen molar-refractivity contribution >= 4 is 11.3 Å². The van der Waals surface area contributed by atoms with E-state index in [1.807, 2.05) is 20.9 Å². The van der Waals surface area contributed by atoms with Gasteiger partial charge in [0.15, 0.2) is 0 Å². The van der Waals surface area contributed by atoms with Gasteiger partial charge >= 0.3 is 0 Å². The van der Waals surface area contributed by atoms with Crippen molar-refractivity contribution in [2.24, 2.45) is 0 Å². The van der Waals surface area contributed by atoms with Crippen molar-refractivity contribution in [1.29, 1.82) is 0 Å². The van der Waals surface area contributed by atoms with Crippen molar-refractivity contribution in [2.45, 2.75) is 25.9 Å². The van der Waals surface area contributed by atoms with E-state index >= 15 is 0 Å². The maximum Gasteiger partial charge on any atom is 0.0610 e. The standard InChI is InChI=1S/C10H17NOS/c1-10(2,8-12)11(3)6-9-4-5-13-7-9/h4-5,7,12H,6,8H2,1-3H3. The van der Waals surface area contributed by atoms with Crippen LogP contribution in [0.4, 0.5) is 0 Å². The topological polar surface area (TPSA) is 23.5 Å². The molecule has 1 aromatic rings. The second-order valence-corrected chi connectivity index (χ2v) is 4.74. The van der Waals surface area contributed by atoms with E-state index in [2.05, 4.69) is 21.7 Å². The van der Waals surface area contributed by atoms with Crippen LogP contribution < -0.4 is 0 Å². The first-order valence-electron chi connectivity index (χ1n) is 4.39. The monoisotopic (exact) mass is 199 g/mol. The van der Waals surface area contributed by atoms with E-state index in [4.69, 9.17) is 5.11 Å². The van der Waals surface area contributed by atoms with Gasteiger partial charge in [0.2, 0.25) is 0 Å². The Hall–Kier alpha value is -0.380. The summed E-state index contributed by atoms with van der Waals surface area (Å²) in [4.78, 5) is 2.16. The zero-order valence-electron chi connectivity index (χ0n) is 8.45. The molecule has 0 bridgehead atoms. The highest BCUT2D eigenvalue weighted by molar-refractivity contribution is 7.07. The van der Waals surface area contributed by atoms with E-state index < -0.39 is 0 Å². The molecule has 13 heavy (non-hydrogen) atoms. The van der Waals surface area contributed by atoms with Gasteiger partial charge in [-0.2, -0.15) is 11.3 Å². The highest BCUT2D eigenvalue weighted by Gasteiger charge is 2.22. The number of hydrogen-bond acceptors (Lipinski definition) is 3. The summed E-state index contributed by atoms with van der Waals surface area (Å²) in [6.07, 6.45) is 0. The summed E-state index contributed by atoms with van der Waals surface area (Å²) in [5.41, 5.74) is 1.18. The van der Waals surface area contributed by atoms with Gasteiger partial charge in [0, 0.05) is 12.1 Å². The molecule has 0 fully saturated rings. The third-order valence-electron chi connectivity index (χ3n) is 2.42. The SMILES string of the molecule is CN(Cc1ccsc1)C(C)(C)CO. The quantitative estimate of drug-likeness (QED) is 0.801. The van der Waals surface area contributed by atoms with Gasteiger partial charge in [-0.15, -0.1) is 0 Å². The van der Waals surface area contributed by atoms with Gasteiger partial charge in [0.1, 0.15) is 0 Å². The first kappa shape index (κ1) is 10.7. The van der Waals surface area contributed by atoms with Crippen molar-refractivity contribution < 1.29 is 5.11 Å². The number of likely N-dealkylation sites (N-methyl/N-ethyl adjacent to an activating group) is 1. The Bertz CT molecular complexity index is 243. The van der Waals surface area contributed by atoms with E-state index in [0.717, 1.165) is 6.54 Å². The molecule has 0 aliphatic carbocycles. The molecular formula is C10H17NOS. The Morgan fingerprint density at radius 2 is 2.23 bits per heavy atom. The molecule has 0 amide bonds. The Kier molecular flexibility index (Phi) is 3.47.